The Morgan fingerprint density at radius 3 is 2.28 bits per heavy atom. The van der Waals surface area contributed by atoms with Gasteiger partial charge in [0.25, 0.3) is 6.01 Å². The first-order valence-corrected chi connectivity index (χ1v) is 7.68. The Hall–Kier alpha value is -3.35. The fraction of sp³-hybridized carbons (Fsp3) is 0.167. The number of carboxylic acids is 2. The third kappa shape index (κ3) is 3.30. The van der Waals surface area contributed by atoms with Crippen molar-refractivity contribution in [2.75, 3.05) is 6.61 Å². The predicted octanol–water partition coefficient (Wildman–Crippen LogP) is 2.88. The molecule has 0 spiro atoms. The van der Waals surface area contributed by atoms with Gasteiger partial charge in [-0.2, -0.15) is 4.98 Å². The highest BCUT2D eigenvalue weighted by Gasteiger charge is 2.15. The van der Waals surface area contributed by atoms with Crippen LogP contribution in [0.3, 0.4) is 0 Å². The Morgan fingerprint density at radius 2 is 1.68 bits per heavy atom. The monoisotopic (exact) mass is 340 g/mol. The summed E-state index contributed by atoms with van der Waals surface area (Å²) in [4.78, 5) is 26.6. The Bertz CT molecular complexity index is 944. The van der Waals surface area contributed by atoms with Gasteiger partial charge in [0.2, 0.25) is 0 Å². The highest BCUT2D eigenvalue weighted by molar-refractivity contribution is 5.92. The molecule has 0 aliphatic heterocycles. The minimum Gasteiger partial charge on any atom is -0.478 e. The number of aromatic nitrogens is 2. The summed E-state index contributed by atoms with van der Waals surface area (Å²) in [5.41, 5.74) is 2.50. The second kappa shape index (κ2) is 6.64. The molecule has 128 valence electrons. The number of nitrogens with zero attached hydrogens (tertiary/aromatic N) is 2. The summed E-state index contributed by atoms with van der Waals surface area (Å²) < 4.78 is 7.35. The molecule has 0 atom stereocenters. The van der Waals surface area contributed by atoms with Crippen LogP contribution >= 0.6 is 0 Å². The quantitative estimate of drug-likeness (QED) is 0.715. The molecule has 0 fully saturated rings. The number of hydrogen-bond acceptors (Lipinski definition) is 4. The molecule has 1 heterocycles. The molecule has 7 heteroatoms. The highest BCUT2D eigenvalue weighted by atomic mass is 16.5. The summed E-state index contributed by atoms with van der Waals surface area (Å²) >= 11 is 0. The zero-order chi connectivity index (χ0) is 18.0. The van der Waals surface area contributed by atoms with E-state index in [1.165, 1.54) is 18.2 Å². The van der Waals surface area contributed by atoms with Gasteiger partial charge in [0.05, 0.1) is 35.3 Å². The van der Waals surface area contributed by atoms with Gasteiger partial charge >= 0.3 is 11.9 Å². The van der Waals surface area contributed by atoms with Crippen molar-refractivity contribution in [2.45, 2.75) is 13.5 Å². The van der Waals surface area contributed by atoms with Crippen molar-refractivity contribution < 1.29 is 24.5 Å². The maximum absolute atomic E-state index is 11.2. The van der Waals surface area contributed by atoms with Crippen LogP contribution in [0, 0.1) is 0 Å². The average Bonchev–Trinajstić information content (AvgIpc) is 2.92. The maximum atomic E-state index is 11.2. The molecule has 0 amide bonds. The van der Waals surface area contributed by atoms with Gasteiger partial charge in [-0.1, -0.05) is 12.1 Å². The summed E-state index contributed by atoms with van der Waals surface area (Å²) in [6.45, 7) is 2.65. The Balaban J connectivity index is 2.05. The van der Waals surface area contributed by atoms with E-state index in [0.29, 0.717) is 30.2 Å². The van der Waals surface area contributed by atoms with Crippen LogP contribution in [-0.4, -0.2) is 38.3 Å². The van der Waals surface area contributed by atoms with Gasteiger partial charge in [-0.3, -0.25) is 4.57 Å². The molecule has 2 aromatic carbocycles. The topological polar surface area (TPSA) is 102 Å². The van der Waals surface area contributed by atoms with Crippen molar-refractivity contribution in [2.24, 2.45) is 0 Å². The summed E-state index contributed by atoms with van der Waals surface area (Å²) in [6.07, 6.45) is 0. The first-order valence-electron chi connectivity index (χ1n) is 7.68. The van der Waals surface area contributed by atoms with E-state index in [1.807, 2.05) is 6.92 Å². The summed E-state index contributed by atoms with van der Waals surface area (Å²) in [6, 6.07) is 11.6. The van der Waals surface area contributed by atoms with E-state index in [-0.39, 0.29) is 11.1 Å². The molecule has 7 nitrogen and oxygen atoms in total. The van der Waals surface area contributed by atoms with Gasteiger partial charge in [0, 0.05) is 0 Å². The van der Waals surface area contributed by atoms with Crippen LogP contribution in [0.15, 0.2) is 42.5 Å². The number of aromatic carboxylic acids is 2. The second-order valence-electron chi connectivity index (χ2n) is 5.42. The first kappa shape index (κ1) is 16.5. The van der Waals surface area contributed by atoms with E-state index < -0.39 is 11.9 Å². The summed E-state index contributed by atoms with van der Waals surface area (Å²) in [5.74, 6) is -2.00. The number of benzene rings is 2. The van der Waals surface area contributed by atoms with Gasteiger partial charge in [-0.25, -0.2) is 9.59 Å². The molecule has 0 aliphatic carbocycles. The van der Waals surface area contributed by atoms with Crippen molar-refractivity contribution in [3.63, 3.8) is 0 Å². The van der Waals surface area contributed by atoms with E-state index in [1.54, 1.807) is 28.8 Å². The normalized spacial score (nSPS) is 10.8. The van der Waals surface area contributed by atoms with E-state index in [9.17, 15) is 14.7 Å². The Kier molecular flexibility index (Phi) is 4.38. The third-order valence-electron chi connectivity index (χ3n) is 3.78. The summed E-state index contributed by atoms with van der Waals surface area (Å²) in [5, 5.41) is 18.2. The van der Waals surface area contributed by atoms with E-state index >= 15 is 0 Å². The second-order valence-corrected chi connectivity index (χ2v) is 5.42. The number of hydrogen-bond donors (Lipinski definition) is 2. The molecule has 25 heavy (non-hydrogen) atoms. The SMILES string of the molecule is CCOc1nc2ccc(C(=O)O)cc2n1Cc1ccc(C(=O)O)cc1. The third-order valence-corrected chi connectivity index (χ3v) is 3.78. The predicted molar refractivity (Wildman–Crippen MR) is 90.4 cm³/mol. The molecular formula is C18H16N2O5. The van der Waals surface area contributed by atoms with Crippen molar-refractivity contribution in [1.29, 1.82) is 0 Å². The zero-order valence-corrected chi connectivity index (χ0v) is 13.5. The molecule has 3 rings (SSSR count). The molecule has 0 radical (unpaired) electrons. The fourth-order valence-electron chi connectivity index (χ4n) is 2.56. The van der Waals surface area contributed by atoms with Crippen LogP contribution in [0.5, 0.6) is 6.01 Å². The number of carboxylic acid groups (broad SMARTS) is 2. The number of fused-ring (bicyclic) bond motifs is 1. The Labute approximate surface area is 143 Å². The van der Waals surface area contributed by atoms with Crippen LogP contribution in [0.4, 0.5) is 0 Å². The van der Waals surface area contributed by atoms with Gasteiger partial charge in [0.1, 0.15) is 0 Å². The first-order chi connectivity index (χ1) is 12.0. The molecule has 1 aromatic heterocycles. The molecule has 3 aromatic rings. The zero-order valence-electron chi connectivity index (χ0n) is 13.5. The lowest BCUT2D eigenvalue weighted by atomic mass is 10.1. The molecule has 0 saturated carbocycles. The van der Waals surface area contributed by atoms with Crippen LogP contribution < -0.4 is 4.74 Å². The Morgan fingerprint density at radius 1 is 1.04 bits per heavy atom. The van der Waals surface area contributed by atoms with Crippen molar-refractivity contribution in [3.8, 4) is 6.01 Å². The fourth-order valence-corrected chi connectivity index (χ4v) is 2.56. The van der Waals surface area contributed by atoms with Crippen molar-refractivity contribution in [1.82, 2.24) is 9.55 Å². The van der Waals surface area contributed by atoms with E-state index in [4.69, 9.17) is 9.84 Å². The number of imidazole rings is 1. The average molecular weight is 340 g/mol. The maximum Gasteiger partial charge on any atom is 0.335 e. The number of rotatable bonds is 6. The van der Waals surface area contributed by atoms with Gasteiger partial charge in [-0.15, -0.1) is 0 Å². The highest BCUT2D eigenvalue weighted by Crippen LogP contribution is 2.24. The lowest BCUT2D eigenvalue weighted by molar-refractivity contribution is 0.0686. The minimum atomic E-state index is -1.02. The molecule has 0 aliphatic rings. The smallest absolute Gasteiger partial charge is 0.335 e. The van der Waals surface area contributed by atoms with E-state index in [2.05, 4.69) is 4.98 Å². The van der Waals surface area contributed by atoms with Gasteiger partial charge in [0.15, 0.2) is 0 Å². The molecule has 0 bridgehead atoms. The van der Waals surface area contributed by atoms with E-state index in [0.717, 1.165) is 5.56 Å². The van der Waals surface area contributed by atoms with Crippen LogP contribution in [-0.2, 0) is 6.54 Å². The van der Waals surface area contributed by atoms with Crippen molar-refractivity contribution in [3.05, 3.63) is 59.2 Å². The molecule has 0 saturated heterocycles. The molecule has 2 N–H and O–H groups in total. The number of ether oxygens (including phenoxy) is 1. The van der Waals surface area contributed by atoms with Crippen LogP contribution in [0.2, 0.25) is 0 Å². The minimum absolute atomic E-state index is 0.165. The number of carbonyl (C=O) groups is 2. The van der Waals surface area contributed by atoms with Gasteiger partial charge in [-0.05, 0) is 42.8 Å². The van der Waals surface area contributed by atoms with Gasteiger partial charge < -0.3 is 14.9 Å². The standard InChI is InChI=1S/C18H16N2O5/c1-2-25-18-19-14-8-7-13(17(23)24)9-15(14)20(18)10-11-3-5-12(6-4-11)16(21)22/h3-9H,2,10H2,1H3,(H,21,22)(H,23,24). The van der Waals surface area contributed by atoms with Crippen LogP contribution in [0.1, 0.15) is 33.2 Å². The lowest BCUT2D eigenvalue weighted by Gasteiger charge is -2.10. The van der Waals surface area contributed by atoms with Crippen molar-refractivity contribution >= 4 is 23.0 Å². The summed E-state index contributed by atoms with van der Waals surface area (Å²) in [7, 11) is 0. The van der Waals surface area contributed by atoms with Crippen LogP contribution in [0.25, 0.3) is 11.0 Å². The molecular weight excluding hydrogens is 324 g/mol. The molecule has 0 unspecified atom stereocenters. The largest absolute Gasteiger partial charge is 0.478 e. The lowest BCUT2D eigenvalue weighted by Crippen LogP contribution is -2.06.